The fraction of sp³-hybridized carbons (Fsp3) is 0.250. The maximum Gasteiger partial charge on any atom is 0.141 e. The van der Waals surface area contributed by atoms with Crippen molar-refractivity contribution in [3.8, 4) is 5.75 Å². The average molecular weight is 271 g/mol. The molecule has 0 bridgehead atoms. The highest BCUT2D eigenvalue weighted by Gasteiger charge is 2.22. The summed E-state index contributed by atoms with van der Waals surface area (Å²) in [6.07, 6.45) is 0. The molecular weight excluding hydrogens is 254 g/mol. The number of para-hydroxylation sites is 2. The van der Waals surface area contributed by atoms with Gasteiger partial charge < -0.3 is 10.1 Å². The number of thioether (sulfide) groups is 1. The monoisotopic (exact) mass is 271 g/mol. The molecule has 3 heteroatoms. The van der Waals surface area contributed by atoms with Crippen molar-refractivity contribution >= 4 is 17.4 Å². The largest absolute Gasteiger partial charge is 0.495 e. The van der Waals surface area contributed by atoms with E-state index in [0.717, 1.165) is 23.7 Å². The average Bonchev–Trinajstić information content (AvgIpc) is 2.89. The lowest BCUT2D eigenvalue weighted by Gasteiger charge is -2.15. The van der Waals surface area contributed by atoms with Crippen molar-refractivity contribution in [1.82, 2.24) is 0 Å². The number of fused-ring (bicyclic) bond motifs is 1. The smallest absolute Gasteiger partial charge is 0.141 e. The minimum atomic E-state index is 0.575. The van der Waals surface area contributed by atoms with Gasteiger partial charge in [0.15, 0.2) is 0 Å². The molecule has 98 valence electrons. The third-order valence-corrected chi connectivity index (χ3v) is 4.70. The van der Waals surface area contributed by atoms with Gasteiger partial charge in [-0.05, 0) is 23.8 Å². The Morgan fingerprint density at radius 2 is 1.95 bits per heavy atom. The lowest BCUT2D eigenvalue weighted by molar-refractivity contribution is 0.416. The van der Waals surface area contributed by atoms with Gasteiger partial charge in [-0.2, -0.15) is 0 Å². The summed E-state index contributed by atoms with van der Waals surface area (Å²) in [7, 11) is 1.71. The normalized spacial score (nSPS) is 17.0. The molecule has 1 unspecified atom stereocenters. The highest BCUT2D eigenvalue weighted by atomic mass is 32.2. The molecule has 2 nitrogen and oxygen atoms in total. The molecule has 0 aliphatic carbocycles. The van der Waals surface area contributed by atoms with Gasteiger partial charge in [-0.1, -0.05) is 30.3 Å². The Labute approximate surface area is 118 Å². The van der Waals surface area contributed by atoms with Gasteiger partial charge in [0.25, 0.3) is 0 Å². The first-order chi connectivity index (χ1) is 9.38. The lowest BCUT2D eigenvalue weighted by Crippen LogP contribution is -2.12. The quantitative estimate of drug-likeness (QED) is 0.908. The zero-order valence-electron chi connectivity index (χ0n) is 10.9. The van der Waals surface area contributed by atoms with E-state index in [4.69, 9.17) is 4.74 Å². The lowest BCUT2D eigenvalue weighted by atomic mass is 10.0. The van der Waals surface area contributed by atoms with Gasteiger partial charge in [0, 0.05) is 23.1 Å². The van der Waals surface area contributed by atoms with E-state index < -0.39 is 0 Å². The Balaban J connectivity index is 1.71. The Bertz CT molecular complexity index is 570. The molecule has 1 atom stereocenters. The number of benzene rings is 2. The Hall–Kier alpha value is -1.61. The van der Waals surface area contributed by atoms with E-state index >= 15 is 0 Å². The molecule has 1 N–H and O–H groups in total. The minimum absolute atomic E-state index is 0.575. The summed E-state index contributed by atoms with van der Waals surface area (Å²) in [6, 6.07) is 16.8. The third kappa shape index (κ3) is 2.56. The van der Waals surface area contributed by atoms with E-state index in [1.165, 1.54) is 10.5 Å². The van der Waals surface area contributed by atoms with Gasteiger partial charge >= 0.3 is 0 Å². The number of ether oxygens (including phenoxy) is 1. The fourth-order valence-electron chi connectivity index (χ4n) is 2.42. The summed E-state index contributed by atoms with van der Waals surface area (Å²) < 4.78 is 5.36. The van der Waals surface area contributed by atoms with E-state index in [-0.39, 0.29) is 0 Å². The van der Waals surface area contributed by atoms with Crippen LogP contribution >= 0.6 is 11.8 Å². The molecule has 0 radical (unpaired) electrons. The van der Waals surface area contributed by atoms with Crippen molar-refractivity contribution in [3.63, 3.8) is 0 Å². The first kappa shape index (κ1) is 12.4. The van der Waals surface area contributed by atoms with E-state index in [9.17, 15) is 0 Å². The summed E-state index contributed by atoms with van der Waals surface area (Å²) >= 11 is 1.95. The number of nitrogens with one attached hydrogen (secondary N) is 1. The van der Waals surface area contributed by atoms with E-state index in [0.29, 0.717) is 5.92 Å². The van der Waals surface area contributed by atoms with Crippen molar-refractivity contribution in [3.05, 3.63) is 54.1 Å². The molecule has 1 aliphatic rings. The second-order valence-corrected chi connectivity index (χ2v) is 5.69. The molecule has 0 amide bonds. The van der Waals surface area contributed by atoms with Crippen molar-refractivity contribution < 1.29 is 4.74 Å². The van der Waals surface area contributed by atoms with Crippen LogP contribution in [0.1, 0.15) is 11.5 Å². The molecule has 19 heavy (non-hydrogen) atoms. The minimum Gasteiger partial charge on any atom is -0.495 e. The summed E-state index contributed by atoms with van der Waals surface area (Å²) in [4.78, 5) is 1.43. The van der Waals surface area contributed by atoms with Crippen LogP contribution in [0.5, 0.6) is 5.75 Å². The molecule has 2 aromatic rings. The van der Waals surface area contributed by atoms with Gasteiger partial charge in [-0.25, -0.2) is 0 Å². The number of anilines is 1. The molecule has 2 aromatic carbocycles. The zero-order valence-corrected chi connectivity index (χ0v) is 11.7. The highest BCUT2D eigenvalue weighted by molar-refractivity contribution is 7.99. The molecule has 1 heterocycles. The number of hydrogen-bond donors (Lipinski definition) is 1. The molecule has 0 spiro atoms. The molecule has 3 rings (SSSR count). The highest BCUT2D eigenvalue weighted by Crippen LogP contribution is 2.39. The number of methoxy groups -OCH3 is 1. The Kier molecular flexibility index (Phi) is 3.65. The Morgan fingerprint density at radius 3 is 2.84 bits per heavy atom. The van der Waals surface area contributed by atoms with Crippen molar-refractivity contribution in [1.29, 1.82) is 0 Å². The third-order valence-electron chi connectivity index (χ3n) is 3.44. The predicted octanol–water partition coefficient (Wildman–Crippen LogP) is 4.00. The van der Waals surface area contributed by atoms with Crippen LogP contribution in [0, 0.1) is 0 Å². The van der Waals surface area contributed by atoms with Gasteiger partial charge in [0.1, 0.15) is 5.75 Å². The van der Waals surface area contributed by atoms with Gasteiger partial charge in [0.2, 0.25) is 0 Å². The maximum absolute atomic E-state index is 5.36. The van der Waals surface area contributed by atoms with Crippen molar-refractivity contribution in [2.75, 3.05) is 24.7 Å². The van der Waals surface area contributed by atoms with Crippen LogP contribution in [0.25, 0.3) is 0 Å². The van der Waals surface area contributed by atoms with Gasteiger partial charge in [0.05, 0.1) is 12.8 Å². The summed E-state index contributed by atoms with van der Waals surface area (Å²) in [6.45, 7) is 0.949. The van der Waals surface area contributed by atoms with Crippen LogP contribution in [0.15, 0.2) is 53.4 Å². The maximum atomic E-state index is 5.36. The van der Waals surface area contributed by atoms with E-state index in [2.05, 4.69) is 35.6 Å². The Morgan fingerprint density at radius 1 is 1.16 bits per heavy atom. The van der Waals surface area contributed by atoms with Gasteiger partial charge in [-0.3, -0.25) is 0 Å². The molecule has 0 fully saturated rings. The molecule has 1 aliphatic heterocycles. The summed E-state index contributed by atoms with van der Waals surface area (Å²) in [5.41, 5.74) is 2.54. The first-order valence-corrected chi connectivity index (χ1v) is 7.45. The van der Waals surface area contributed by atoms with E-state index in [1.807, 2.05) is 30.0 Å². The molecule has 0 aromatic heterocycles. The van der Waals surface area contributed by atoms with Crippen LogP contribution < -0.4 is 10.1 Å². The summed E-state index contributed by atoms with van der Waals surface area (Å²) in [5.74, 6) is 2.63. The zero-order chi connectivity index (χ0) is 13.1. The molecule has 0 saturated heterocycles. The first-order valence-electron chi connectivity index (χ1n) is 6.47. The van der Waals surface area contributed by atoms with Crippen LogP contribution in [-0.4, -0.2) is 19.4 Å². The second-order valence-electron chi connectivity index (χ2n) is 4.63. The number of rotatable bonds is 4. The predicted molar refractivity (Wildman–Crippen MR) is 81.4 cm³/mol. The molecular formula is C16H17NOS. The van der Waals surface area contributed by atoms with Gasteiger partial charge in [-0.15, -0.1) is 11.8 Å². The van der Waals surface area contributed by atoms with Crippen LogP contribution in [-0.2, 0) is 0 Å². The van der Waals surface area contributed by atoms with Crippen LogP contribution in [0.4, 0.5) is 5.69 Å². The topological polar surface area (TPSA) is 21.3 Å². The van der Waals surface area contributed by atoms with E-state index in [1.54, 1.807) is 7.11 Å². The van der Waals surface area contributed by atoms with Crippen molar-refractivity contribution in [2.45, 2.75) is 10.8 Å². The van der Waals surface area contributed by atoms with Crippen molar-refractivity contribution in [2.24, 2.45) is 0 Å². The van der Waals surface area contributed by atoms with Crippen LogP contribution in [0.2, 0.25) is 0 Å². The summed E-state index contributed by atoms with van der Waals surface area (Å²) in [5, 5.41) is 3.51. The SMILES string of the molecule is COc1ccccc1NCC1CSc2ccccc21. The molecule has 0 saturated carbocycles. The second kappa shape index (κ2) is 5.57. The van der Waals surface area contributed by atoms with Crippen LogP contribution in [0.3, 0.4) is 0 Å². The number of hydrogen-bond acceptors (Lipinski definition) is 3. The fourth-order valence-corrected chi connectivity index (χ4v) is 3.68. The standard InChI is InChI=1S/C16H17NOS/c1-18-15-8-4-3-7-14(15)17-10-12-11-19-16-9-5-2-6-13(12)16/h2-9,12,17H,10-11H2,1H3.